The van der Waals surface area contributed by atoms with Gasteiger partial charge in [-0.25, -0.2) is 0 Å². The summed E-state index contributed by atoms with van der Waals surface area (Å²) < 4.78 is 0. The molecule has 0 bridgehead atoms. The molecule has 1 aliphatic heterocycles. The number of rotatable bonds is 3. The molecule has 2 atom stereocenters. The predicted molar refractivity (Wildman–Crippen MR) is 57.3 cm³/mol. The molecule has 0 N–H and O–H groups in total. The van der Waals surface area contributed by atoms with E-state index in [0.717, 1.165) is 0 Å². The van der Waals surface area contributed by atoms with Gasteiger partial charge in [0.15, 0.2) is 0 Å². The van der Waals surface area contributed by atoms with Gasteiger partial charge < -0.3 is 0 Å². The van der Waals surface area contributed by atoms with Crippen LogP contribution in [0.1, 0.15) is 13.8 Å². The Bertz CT molecular complexity index is 324. The fourth-order valence-corrected chi connectivity index (χ4v) is 2.55. The Hall–Kier alpha value is -0.830. The Labute approximate surface area is 94.1 Å². The molecule has 2 rings (SSSR count). The van der Waals surface area contributed by atoms with Gasteiger partial charge in [-0.2, -0.15) is 0 Å². The lowest BCUT2D eigenvalue weighted by atomic mass is 10.1. The predicted octanol–water partition coefficient (Wildman–Crippen LogP) is 1.42. The number of halogens is 1. The maximum absolute atomic E-state index is 11.8. The largest absolute Gasteiger partial charge is 0.278 e. The molecule has 82 valence electrons. The lowest BCUT2D eigenvalue weighted by Gasteiger charge is -2.18. The molecule has 2 aliphatic rings. The van der Waals surface area contributed by atoms with E-state index < -0.39 is 0 Å². The number of fused-ring (bicyclic) bond motifs is 1. The van der Waals surface area contributed by atoms with Crippen molar-refractivity contribution in [3.8, 4) is 0 Å². The topological polar surface area (TPSA) is 37.4 Å². The second-order valence-corrected chi connectivity index (χ2v) is 5.00. The highest BCUT2D eigenvalue weighted by Gasteiger charge is 2.72. The average molecular weight is 228 g/mol. The van der Waals surface area contributed by atoms with E-state index >= 15 is 0 Å². The molecule has 2 fully saturated rings. The molecule has 1 aliphatic carbocycles. The van der Waals surface area contributed by atoms with Crippen molar-refractivity contribution >= 4 is 23.4 Å². The molecule has 15 heavy (non-hydrogen) atoms. The minimum Gasteiger partial charge on any atom is -0.278 e. The minimum absolute atomic E-state index is 0.0192. The second kappa shape index (κ2) is 3.34. The van der Waals surface area contributed by atoms with E-state index in [0.29, 0.717) is 12.4 Å². The van der Waals surface area contributed by atoms with Gasteiger partial charge in [0.2, 0.25) is 11.8 Å². The number of carbonyl (C=O) groups excluding carboxylic acids is 2. The highest BCUT2D eigenvalue weighted by Crippen LogP contribution is 2.63. The molecule has 1 saturated carbocycles. The van der Waals surface area contributed by atoms with Crippen LogP contribution in [0.25, 0.3) is 0 Å². The van der Waals surface area contributed by atoms with Crippen LogP contribution < -0.4 is 0 Å². The highest BCUT2D eigenvalue weighted by atomic mass is 35.5. The Morgan fingerprint density at radius 2 is 1.80 bits per heavy atom. The van der Waals surface area contributed by atoms with Crippen LogP contribution in [-0.4, -0.2) is 29.1 Å². The fraction of sp³-hybridized carbons (Fsp3) is 0.636. The summed E-state index contributed by atoms with van der Waals surface area (Å²) in [4.78, 5) is 24.9. The van der Waals surface area contributed by atoms with Crippen LogP contribution in [0.3, 0.4) is 0 Å². The van der Waals surface area contributed by atoms with Crippen molar-refractivity contribution in [3.05, 3.63) is 12.2 Å². The van der Waals surface area contributed by atoms with Gasteiger partial charge in [0.05, 0.1) is 11.8 Å². The number of nitrogens with zero attached hydrogens (tertiary/aromatic N) is 1. The van der Waals surface area contributed by atoms with Crippen molar-refractivity contribution in [2.45, 2.75) is 13.8 Å². The molecule has 0 aromatic rings. The van der Waals surface area contributed by atoms with E-state index in [1.165, 1.54) is 4.90 Å². The maximum Gasteiger partial charge on any atom is 0.233 e. The van der Waals surface area contributed by atoms with Gasteiger partial charge in [0, 0.05) is 12.4 Å². The summed E-state index contributed by atoms with van der Waals surface area (Å²) in [5.74, 6) is 0.224. The molecule has 0 aromatic heterocycles. The number of hydrogen-bond donors (Lipinski definition) is 0. The first-order valence-electron chi connectivity index (χ1n) is 5.08. The van der Waals surface area contributed by atoms with Crippen molar-refractivity contribution in [2.24, 2.45) is 17.3 Å². The van der Waals surface area contributed by atoms with E-state index in [2.05, 4.69) is 0 Å². The molecular weight excluding hydrogens is 214 g/mol. The molecule has 3 nitrogen and oxygen atoms in total. The van der Waals surface area contributed by atoms with E-state index in [1.54, 1.807) is 12.2 Å². The van der Waals surface area contributed by atoms with Crippen molar-refractivity contribution in [3.63, 3.8) is 0 Å². The van der Waals surface area contributed by atoms with Crippen LogP contribution in [-0.2, 0) is 9.59 Å². The number of amides is 2. The molecule has 0 spiro atoms. The maximum atomic E-state index is 11.8. The van der Waals surface area contributed by atoms with Gasteiger partial charge in [-0.3, -0.25) is 14.5 Å². The summed E-state index contributed by atoms with van der Waals surface area (Å²) in [6.07, 6.45) is 3.51. The monoisotopic (exact) mass is 227 g/mol. The van der Waals surface area contributed by atoms with Gasteiger partial charge >= 0.3 is 0 Å². The number of imide groups is 1. The first-order valence-corrected chi connectivity index (χ1v) is 5.61. The van der Waals surface area contributed by atoms with Gasteiger partial charge in [-0.1, -0.05) is 26.0 Å². The second-order valence-electron chi connectivity index (χ2n) is 4.69. The number of allylic oxidation sites excluding steroid dienone is 1. The van der Waals surface area contributed by atoms with E-state index in [-0.39, 0.29) is 29.1 Å². The van der Waals surface area contributed by atoms with Crippen molar-refractivity contribution in [1.82, 2.24) is 4.90 Å². The van der Waals surface area contributed by atoms with Crippen LogP contribution >= 0.6 is 11.6 Å². The highest BCUT2D eigenvalue weighted by molar-refractivity contribution is 6.18. The van der Waals surface area contributed by atoms with Crippen LogP contribution in [0.2, 0.25) is 0 Å². The third kappa shape index (κ3) is 1.41. The Kier molecular flexibility index (Phi) is 2.38. The van der Waals surface area contributed by atoms with Crippen LogP contribution in [0, 0.1) is 17.3 Å². The zero-order chi connectivity index (χ0) is 11.2. The first-order chi connectivity index (χ1) is 7.01. The normalized spacial score (nSPS) is 32.6. The van der Waals surface area contributed by atoms with E-state index in [1.807, 2.05) is 13.8 Å². The summed E-state index contributed by atoms with van der Waals surface area (Å²) in [6.45, 7) is 4.32. The average Bonchev–Trinajstić information content (AvgIpc) is 2.63. The smallest absolute Gasteiger partial charge is 0.233 e. The zero-order valence-electron chi connectivity index (χ0n) is 8.87. The van der Waals surface area contributed by atoms with E-state index in [9.17, 15) is 9.59 Å². The summed E-state index contributed by atoms with van der Waals surface area (Å²) in [5.41, 5.74) is -0.110. The number of carbonyl (C=O) groups is 2. The van der Waals surface area contributed by atoms with Crippen molar-refractivity contribution in [1.29, 1.82) is 0 Å². The van der Waals surface area contributed by atoms with Crippen molar-refractivity contribution in [2.75, 3.05) is 12.4 Å². The number of hydrogen-bond acceptors (Lipinski definition) is 2. The number of alkyl halides is 1. The fourth-order valence-electron chi connectivity index (χ4n) is 2.43. The molecule has 2 unspecified atom stereocenters. The van der Waals surface area contributed by atoms with Crippen LogP contribution in [0.15, 0.2) is 12.2 Å². The van der Waals surface area contributed by atoms with Gasteiger partial charge in [0.25, 0.3) is 0 Å². The summed E-state index contributed by atoms with van der Waals surface area (Å²) in [6, 6.07) is 0. The Balaban J connectivity index is 2.04. The third-order valence-electron chi connectivity index (χ3n) is 3.44. The first kappa shape index (κ1) is 10.7. The van der Waals surface area contributed by atoms with E-state index in [4.69, 9.17) is 11.6 Å². The Morgan fingerprint density at radius 3 is 2.27 bits per heavy atom. The lowest BCUT2D eigenvalue weighted by molar-refractivity contribution is -0.142. The molecule has 0 radical (unpaired) electrons. The van der Waals surface area contributed by atoms with Crippen molar-refractivity contribution < 1.29 is 9.59 Å². The zero-order valence-corrected chi connectivity index (χ0v) is 9.62. The molecule has 1 heterocycles. The van der Waals surface area contributed by atoms with Gasteiger partial charge in [-0.05, 0) is 5.41 Å². The molecule has 2 amide bonds. The summed E-state index contributed by atoms with van der Waals surface area (Å²) in [5, 5.41) is 0. The molecule has 0 aromatic carbocycles. The Morgan fingerprint density at radius 1 is 1.27 bits per heavy atom. The SMILES string of the molecule is CC1(C)C2C(=O)N(CC=CCCl)C(=O)C21. The molecule has 4 heteroatoms. The minimum atomic E-state index is -0.110. The van der Waals surface area contributed by atoms with Crippen LogP contribution in [0.5, 0.6) is 0 Å². The third-order valence-corrected chi connectivity index (χ3v) is 3.61. The number of likely N-dealkylation sites (tertiary alicyclic amines) is 1. The summed E-state index contributed by atoms with van der Waals surface area (Å²) in [7, 11) is 0. The lowest BCUT2D eigenvalue weighted by Crippen LogP contribution is -2.36. The van der Waals surface area contributed by atoms with Gasteiger partial charge in [-0.15, -0.1) is 11.6 Å². The number of piperidine rings is 1. The van der Waals surface area contributed by atoms with Crippen LogP contribution in [0.4, 0.5) is 0 Å². The standard InChI is InChI=1S/C11H14ClNO2/c1-11(2)7-8(11)10(15)13(9(7)14)6-4-3-5-12/h3-4,7-8H,5-6H2,1-2H3. The molecule has 1 saturated heterocycles. The quantitative estimate of drug-likeness (QED) is 0.416. The molecular formula is C11H14ClNO2. The summed E-state index contributed by atoms with van der Waals surface area (Å²) >= 11 is 5.47. The van der Waals surface area contributed by atoms with Gasteiger partial charge in [0.1, 0.15) is 0 Å².